The molecule has 0 aromatic heterocycles. The summed E-state index contributed by atoms with van der Waals surface area (Å²) in [5, 5.41) is 20.5. The number of rotatable bonds is 5. The molecule has 0 aromatic rings. The molecule has 12 heteroatoms. The molecule has 2 rings (SSSR count). The van der Waals surface area contributed by atoms with Crippen LogP contribution >= 0.6 is 0 Å². The number of aliphatic carboxylic acids is 2. The smallest absolute Gasteiger partial charge is 0.329 e. The molecular weight excluding hydrogens is 363 g/mol. The summed E-state index contributed by atoms with van der Waals surface area (Å²) in [6, 6.07) is -0.949. The molecule has 2 saturated carbocycles. The summed E-state index contributed by atoms with van der Waals surface area (Å²) in [5.74, 6) is -6.41. The van der Waals surface area contributed by atoms with E-state index in [1.807, 2.05) is 0 Å². The molecule has 0 radical (unpaired) electrons. The molecular formula is C13H21FN2O8S. The third-order valence-electron chi connectivity index (χ3n) is 4.37. The van der Waals surface area contributed by atoms with Crippen LogP contribution in [0.4, 0.5) is 4.39 Å². The number of hydrogen-bond donors (Lipinski definition) is 5. The van der Waals surface area contributed by atoms with Crippen LogP contribution in [0.5, 0.6) is 0 Å². The SMILES string of the molecule is CCS(=O)(=O)O.C[C@H](N)C(=O)N[C@@]1(C(=O)O)C[C@@H](F)[C@H]2[C@H](C(=O)O)[C@H]21. The van der Waals surface area contributed by atoms with Crippen molar-refractivity contribution >= 4 is 28.0 Å². The van der Waals surface area contributed by atoms with Gasteiger partial charge < -0.3 is 21.3 Å². The van der Waals surface area contributed by atoms with Crippen LogP contribution in [0.15, 0.2) is 0 Å². The molecule has 6 atom stereocenters. The number of alkyl halides is 1. The molecule has 0 heterocycles. The first-order chi connectivity index (χ1) is 11.3. The predicted octanol–water partition coefficient (Wildman–Crippen LogP) is -1.14. The van der Waals surface area contributed by atoms with Crippen LogP contribution in [0.1, 0.15) is 20.3 Å². The number of carbonyl (C=O) groups excluding carboxylic acids is 1. The highest BCUT2D eigenvalue weighted by Gasteiger charge is 2.76. The van der Waals surface area contributed by atoms with Crippen molar-refractivity contribution in [3.8, 4) is 0 Å². The van der Waals surface area contributed by atoms with Crippen molar-refractivity contribution in [1.82, 2.24) is 5.32 Å². The van der Waals surface area contributed by atoms with Gasteiger partial charge in [0.2, 0.25) is 5.91 Å². The van der Waals surface area contributed by atoms with E-state index in [1.54, 1.807) is 0 Å². The van der Waals surface area contributed by atoms with Crippen molar-refractivity contribution in [2.75, 3.05) is 5.75 Å². The third-order valence-corrected chi connectivity index (χ3v) is 5.10. The zero-order valence-electron chi connectivity index (χ0n) is 13.5. The standard InChI is InChI=1S/C11H15FN2O5.C2H6O3S/c1-3(13)8(15)14-11(10(18)19)2-4(12)5-6(7(5)11)9(16)17;1-2-6(3,4)5/h3-7H,2,13H2,1H3,(H,14,15)(H,16,17)(H,18,19);2H2,1H3,(H,3,4,5)/t3-,4+,5-,6-,7-,11-;/m0./s1. The second-order valence-electron chi connectivity index (χ2n) is 6.11. The van der Waals surface area contributed by atoms with Gasteiger partial charge in [0.15, 0.2) is 0 Å². The fourth-order valence-corrected chi connectivity index (χ4v) is 3.07. The zero-order valence-corrected chi connectivity index (χ0v) is 14.4. The molecule has 0 unspecified atom stereocenters. The Hall–Kier alpha value is -1.79. The summed E-state index contributed by atoms with van der Waals surface area (Å²) in [7, 11) is -3.66. The van der Waals surface area contributed by atoms with Crippen LogP contribution in [0.25, 0.3) is 0 Å². The Balaban J connectivity index is 0.000000450. The molecule has 25 heavy (non-hydrogen) atoms. The molecule has 2 aliphatic rings. The van der Waals surface area contributed by atoms with E-state index in [0.717, 1.165) is 0 Å². The second kappa shape index (κ2) is 7.22. The number of amides is 1. The summed E-state index contributed by atoms with van der Waals surface area (Å²) in [6.45, 7) is 2.74. The lowest BCUT2D eigenvalue weighted by Gasteiger charge is -2.29. The van der Waals surface area contributed by atoms with E-state index in [0.29, 0.717) is 0 Å². The van der Waals surface area contributed by atoms with Gasteiger partial charge in [-0.2, -0.15) is 8.42 Å². The quantitative estimate of drug-likeness (QED) is 0.365. The number of nitrogens with one attached hydrogen (secondary N) is 1. The molecule has 0 saturated heterocycles. The van der Waals surface area contributed by atoms with E-state index in [4.69, 9.17) is 15.4 Å². The fraction of sp³-hybridized carbons (Fsp3) is 0.769. The maximum Gasteiger partial charge on any atom is 0.329 e. The first-order valence-electron chi connectivity index (χ1n) is 7.41. The minimum Gasteiger partial charge on any atom is -0.481 e. The van der Waals surface area contributed by atoms with E-state index in [-0.39, 0.29) is 5.75 Å². The van der Waals surface area contributed by atoms with E-state index >= 15 is 0 Å². The minimum absolute atomic E-state index is 0.201. The fourth-order valence-electron chi connectivity index (χ4n) is 3.07. The van der Waals surface area contributed by atoms with E-state index in [1.165, 1.54) is 13.8 Å². The minimum atomic E-state index is -3.66. The number of carboxylic acids is 2. The van der Waals surface area contributed by atoms with Gasteiger partial charge in [-0.15, -0.1) is 0 Å². The molecule has 0 aliphatic heterocycles. The van der Waals surface area contributed by atoms with Crippen molar-refractivity contribution < 1.29 is 42.0 Å². The molecule has 0 bridgehead atoms. The Kier molecular flexibility index (Phi) is 6.13. The molecule has 6 N–H and O–H groups in total. The first kappa shape index (κ1) is 21.3. The van der Waals surface area contributed by atoms with Crippen LogP contribution in [0, 0.1) is 17.8 Å². The Bertz CT molecular complexity index is 667. The van der Waals surface area contributed by atoms with Crippen molar-refractivity contribution in [1.29, 1.82) is 0 Å². The predicted molar refractivity (Wildman–Crippen MR) is 81.9 cm³/mol. The average Bonchev–Trinajstić information content (AvgIpc) is 3.15. The van der Waals surface area contributed by atoms with E-state index in [9.17, 15) is 32.3 Å². The Morgan fingerprint density at radius 2 is 1.84 bits per heavy atom. The maximum absolute atomic E-state index is 13.8. The Labute approximate surface area is 143 Å². The van der Waals surface area contributed by atoms with Crippen LogP contribution < -0.4 is 11.1 Å². The maximum atomic E-state index is 13.8. The van der Waals surface area contributed by atoms with Gasteiger partial charge in [0, 0.05) is 18.3 Å². The van der Waals surface area contributed by atoms with Crippen molar-refractivity contribution in [3.05, 3.63) is 0 Å². The van der Waals surface area contributed by atoms with Gasteiger partial charge in [-0.3, -0.25) is 14.1 Å². The summed E-state index contributed by atoms with van der Waals surface area (Å²) in [4.78, 5) is 34.0. The van der Waals surface area contributed by atoms with Crippen LogP contribution in [0.2, 0.25) is 0 Å². The average molecular weight is 384 g/mol. The van der Waals surface area contributed by atoms with Gasteiger partial charge in [0.1, 0.15) is 11.7 Å². The molecule has 0 spiro atoms. The highest BCUT2D eigenvalue weighted by atomic mass is 32.2. The van der Waals surface area contributed by atoms with Gasteiger partial charge in [0.05, 0.1) is 17.7 Å². The largest absolute Gasteiger partial charge is 0.481 e. The lowest BCUT2D eigenvalue weighted by atomic mass is 9.89. The van der Waals surface area contributed by atoms with Crippen LogP contribution in [-0.4, -0.2) is 64.5 Å². The number of halogens is 1. The highest BCUT2D eigenvalue weighted by Crippen LogP contribution is 2.63. The van der Waals surface area contributed by atoms with Gasteiger partial charge in [-0.25, -0.2) is 9.18 Å². The van der Waals surface area contributed by atoms with Crippen molar-refractivity contribution in [2.45, 2.75) is 38.0 Å². The lowest BCUT2D eigenvalue weighted by molar-refractivity contribution is -0.150. The molecule has 2 fully saturated rings. The summed E-state index contributed by atoms with van der Waals surface area (Å²) in [5.41, 5.74) is 3.48. The number of hydrogen-bond acceptors (Lipinski definition) is 6. The third kappa shape index (κ3) is 4.44. The topological polar surface area (TPSA) is 184 Å². The summed E-state index contributed by atoms with van der Waals surface area (Å²) < 4.78 is 40.7. The molecule has 0 aromatic carbocycles. The van der Waals surface area contributed by atoms with E-state index in [2.05, 4.69) is 5.32 Å². The van der Waals surface area contributed by atoms with Crippen molar-refractivity contribution in [3.63, 3.8) is 0 Å². The molecule has 2 aliphatic carbocycles. The van der Waals surface area contributed by atoms with Crippen LogP contribution in [-0.2, 0) is 24.5 Å². The van der Waals surface area contributed by atoms with E-state index < -0.39 is 69.9 Å². The second-order valence-corrected chi connectivity index (χ2v) is 7.85. The highest BCUT2D eigenvalue weighted by molar-refractivity contribution is 7.85. The Morgan fingerprint density at radius 1 is 1.36 bits per heavy atom. The number of carbonyl (C=O) groups is 3. The first-order valence-corrected chi connectivity index (χ1v) is 9.02. The number of fused-ring (bicyclic) bond motifs is 1. The normalized spacial score (nSPS) is 34.1. The monoisotopic (exact) mass is 384 g/mol. The molecule has 144 valence electrons. The van der Waals surface area contributed by atoms with Crippen LogP contribution in [0.3, 0.4) is 0 Å². The van der Waals surface area contributed by atoms with Gasteiger partial charge in [0.25, 0.3) is 10.1 Å². The number of carboxylic acid groups (broad SMARTS) is 2. The molecule has 1 amide bonds. The van der Waals surface area contributed by atoms with Gasteiger partial charge in [-0.05, 0) is 13.8 Å². The summed E-state index contributed by atoms with van der Waals surface area (Å²) in [6.07, 6.45) is -1.96. The Morgan fingerprint density at radius 3 is 2.12 bits per heavy atom. The summed E-state index contributed by atoms with van der Waals surface area (Å²) >= 11 is 0. The zero-order chi connectivity index (χ0) is 19.7. The number of nitrogens with two attached hydrogens (primary N) is 1. The van der Waals surface area contributed by atoms with Gasteiger partial charge >= 0.3 is 11.9 Å². The van der Waals surface area contributed by atoms with Gasteiger partial charge in [-0.1, -0.05) is 0 Å². The van der Waals surface area contributed by atoms with Crippen molar-refractivity contribution in [2.24, 2.45) is 23.5 Å². The lowest BCUT2D eigenvalue weighted by Crippen LogP contribution is -2.59. The molecule has 10 nitrogen and oxygen atoms in total.